The zero-order valence-electron chi connectivity index (χ0n) is 14.5. The number of carbonyl (C=O) groups is 1. The molecule has 2 heterocycles. The smallest absolute Gasteiger partial charge is 0.355 e. The molecule has 2 aromatic heterocycles. The van der Waals surface area contributed by atoms with Gasteiger partial charge < -0.3 is 13.7 Å². The van der Waals surface area contributed by atoms with E-state index < -0.39 is 11.6 Å². The molecule has 2 aromatic carbocycles. The number of nitrogens with zero attached hydrogens (tertiary/aromatic N) is 1. The molecule has 0 aliphatic heterocycles. The molecule has 4 rings (SSSR count). The Labute approximate surface area is 149 Å². The summed E-state index contributed by atoms with van der Waals surface area (Å²) in [5, 5.41) is 1.20. The molecule has 0 bridgehead atoms. The molecule has 0 spiro atoms. The highest BCUT2D eigenvalue weighted by Gasteiger charge is 2.25. The highest BCUT2D eigenvalue weighted by Crippen LogP contribution is 2.30. The van der Waals surface area contributed by atoms with Crippen LogP contribution in [0.2, 0.25) is 0 Å². The third-order valence-electron chi connectivity index (χ3n) is 4.62. The molecule has 4 aromatic rings. The summed E-state index contributed by atoms with van der Waals surface area (Å²) in [6.45, 7) is 2.20. The van der Waals surface area contributed by atoms with E-state index in [-0.39, 0.29) is 0 Å². The predicted octanol–water partition coefficient (Wildman–Crippen LogP) is 3.89. The molecule has 26 heavy (non-hydrogen) atoms. The van der Waals surface area contributed by atoms with Crippen LogP contribution in [0.25, 0.3) is 21.9 Å². The molecule has 0 saturated heterocycles. The molecular weight excluding hydrogens is 330 g/mol. The molecule has 0 fully saturated rings. The van der Waals surface area contributed by atoms with Crippen LogP contribution in [0.4, 0.5) is 0 Å². The largest absolute Gasteiger partial charge is 0.464 e. The van der Waals surface area contributed by atoms with Gasteiger partial charge >= 0.3 is 11.6 Å². The van der Waals surface area contributed by atoms with Crippen molar-refractivity contribution in [2.45, 2.75) is 13.5 Å². The number of ether oxygens (including phenoxy) is 1. The van der Waals surface area contributed by atoms with Crippen LogP contribution in [0, 0.1) is 6.92 Å². The Morgan fingerprint density at radius 1 is 1.08 bits per heavy atom. The Bertz CT molecular complexity index is 1190. The summed E-state index contributed by atoms with van der Waals surface area (Å²) < 4.78 is 12.3. The lowest BCUT2D eigenvalue weighted by Crippen LogP contribution is -2.12. The van der Waals surface area contributed by atoms with E-state index in [1.54, 1.807) is 13.0 Å². The van der Waals surface area contributed by atoms with E-state index in [0.717, 1.165) is 10.9 Å². The fourth-order valence-corrected chi connectivity index (χ4v) is 3.46. The number of hydrogen-bond donors (Lipinski definition) is 0. The van der Waals surface area contributed by atoms with Gasteiger partial charge in [-0.2, -0.15) is 0 Å². The molecule has 0 aliphatic rings. The molecule has 5 nitrogen and oxygen atoms in total. The predicted molar refractivity (Wildman–Crippen MR) is 99.6 cm³/mol. The fraction of sp³-hybridized carbons (Fsp3) is 0.143. The first-order valence-corrected chi connectivity index (χ1v) is 8.28. The van der Waals surface area contributed by atoms with Crippen LogP contribution in [-0.4, -0.2) is 17.6 Å². The van der Waals surface area contributed by atoms with Crippen LogP contribution in [0.1, 0.15) is 21.6 Å². The second-order valence-corrected chi connectivity index (χ2v) is 6.15. The molecule has 5 heteroatoms. The van der Waals surface area contributed by atoms with E-state index in [0.29, 0.717) is 34.3 Å². The molecule has 0 N–H and O–H groups in total. The number of aromatic nitrogens is 1. The standard InChI is InChI=1S/C21H17NO4/c1-13-17-19(15-10-6-7-11-16(15)26-20(17)23)22(18(13)21(24)25-2)12-14-8-4-3-5-9-14/h3-11H,12H2,1-2H3. The van der Waals surface area contributed by atoms with Crippen molar-refractivity contribution in [2.75, 3.05) is 7.11 Å². The summed E-state index contributed by atoms with van der Waals surface area (Å²) in [5.74, 6) is -0.474. The number of rotatable bonds is 3. The lowest BCUT2D eigenvalue weighted by Gasteiger charge is -2.11. The number of fused-ring (bicyclic) bond motifs is 3. The van der Waals surface area contributed by atoms with E-state index in [2.05, 4.69) is 0 Å². The van der Waals surface area contributed by atoms with Crippen LogP contribution in [0.5, 0.6) is 0 Å². The van der Waals surface area contributed by atoms with Gasteiger partial charge in [0, 0.05) is 11.9 Å². The summed E-state index contributed by atoms with van der Waals surface area (Å²) in [6.07, 6.45) is 0. The summed E-state index contributed by atoms with van der Waals surface area (Å²) in [5.41, 5.74) is 2.70. The van der Waals surface area contributed by atoms with E-state index in [1.165, 1.54) is 7.11 Å². The number of para-hydroxylation sites is 1. The lowest BCUT2D eigenvalue weighted by atomic mass is 10.1. The first-order chi connectivity index (χ1) is 12.6. The van der Waals surface area contributed by atoms with Gasteiger partial charge in [0.1, 0.15) is 11.3 Å². The van der Waals surface area contributed by atoms with Gasteiger partial charge in [-0.15, -0.1) is 0 Å². The second kappa shape index (κ2) is 6.19. The van der Waals surface area contributed by atoms with Crippen LogP contribution in [-0.2, 0) is 11.3 Å². The van der Waals surface area contributed by atoms with Gasteiger partial charge in [-0.25, -0.2) is 9.59 Å². The lowest BCUT2D eigenvalue weighted by molar-refractivity contribution is 0.0589. The van der Waals surface area contributed by atoms with Crippen molar-refractivity contribution in [3.63, 3.8) is 0 Å². The number of aryl methyl sites for hydroxylation is 1. The van der Waals surface area contributed by atoms with Gasteiger partial charge in [0.05, 0.1) is 18.0 Å². The highest BCUT2D eigenvalue weighted by atomic mass is 16.5. The zero-order chi connectivity index (χ0) is 18.3. The number of carbonyl (C=O) groups excluding carboxylic acids is 1. The summed E-state index contributed by atoms with van der Waals surface area (Å²) in [7, 11) is 1.34. The number of hydrogen-bond acceptors (Lipinski definition) is 4. The number of benzene rings is 2. The maximum Gasteiger partial charge on any atom is 0.355 e. The first-order valence-electron chi connectivity index (χ1n) is 8.28. The average Bonchev–Trinajstić information content (AvgIpc) is 2.95. The third kappa shape index (κ3) is 2.40. The van der Waals surface area contributed by atoms with Crippen molar-refractivity contribution >= 4 is 27.8 Å². The third-order valence-corrected chi connectivity index (χ3v) is 4.62. The molecule has 0 saturated carbocycles. The molecule has 0 unspecified atom stereocenters. The van der Waals surface area contributed by atoms with Crippen molar-refractivity contribution in [2.24, 2.45) is 0 Å². The Balaban J connectivity index is 2.15. The maximum absolute atomic E-state index is 12.6. The van der Waals surface area contributed by atoms with Crippen molar-refractivity contribution in [1.29, 1.82) is 0 Å². The SMILES string of the molecule is COC(=O)c1c(C)c2c(=O)oc3ccccc3c2n1Cc1ccccc1. The van der Waals surface area contributed by atoms with Gasteiger partial charge in [0.15, 0.2) is 0 Å². The van der Waals surface area contributed by atoms with Gasteiger partial charge in [-0.3, -0.25) is 0 Å². The van der Waals surface area contributed by atoms with Crippen LogP contribution >= 0.6 is 0 Å². The quantitative estimate of drug-likeness (QED) is 0.417. The topological polar surface area (TPSA) is 61.4 Å². The number of esters is 1. The van der Waals surface area contributed by atoms with Crippen LogP contribution in [0.15, 0.2) is 63.8 Å². The van der Waals surface area contributed by atoms with Crippen molar-refractivity contribution in [3.05, 3.63) is 81.8 Å². The van der Waals surface area contributed by atoms with Crippen LogP contribution in [0.3, 0.4) is 0 Å². The fourth-order valence-electron chi connectivity index (χ4n) is 3.46. The van der Waals surface area contributed by atoms with Gasteiger partial charge in [-0.05, 0) is 30.2 Å². The van der Waals surface area contributed by atoms with Crippen LogP contribution < -0.4 is 5.63 Å². The highest BCUT2D eigenvalue weighted by molar-refractivity contribution is 6.08. The minimum absolute atomic E-state index is 0.370. The summed E-state index contributed by atoms with van der Waals surface area (Å²) >= 11 is 0. The molecule has 0 amide bonds. The summed E-state index contributed by atoms with van der Waals surface area (Å²) in [4.78, 5) is 25.1. The minimum Gasteiger partial charge on any atom is -0.464 e. The Morgan fingerprint density at radius 3 is 2.50 bits per heavy atom. The second-order valence-electron chi connectivity index (χ2n) is 6.15. The van der Waals surface area contributed by atoms with Crippen molar-refractivity contribution in [1.82, 2.24) is 4.57 Å². The molecule has 0 aliphatic carbocycles. The Morgan fingerprint density at radius 2 is 1.77 bits per heavy atom. The summed E-state index contributed by atoms with van der Waals surface area (Å²) in [6, 6.07) is 17.1. The van der Waals surface area contributed by atoms with Gasteiger partial charge in [-0.1, -0.05) is 42.5 Å². The van der Waals surface area contributed by atoms with E-state index in [1.807, 2.05) is 53.1 Å². The van der Waals surface area contributed by atoms with E-state index in [4.69, 9.17) is 9.15 Å². The Kier molecular flexibility index (Phi) is 3.84. The molecule has 0 atom stereocenters. The monoisotopic (exact) mass is 347 g/mol. The maximum atomic E-state index is 12.6. The zero-order valence-corrected chi connectivity index (χ0v) is 14.5. The molecule has 0 radical (unpaired) electrons. The molecule has 130 valence electrons. The van der Waals surface area contributed by atoms with Crippen molar-refractivity contribution < 1.29 is 13.9 Å². The Hall–Kier alpha value is -3.34. The molecular formula is C21H17NO4. The minimum atomic E-state index is -0.474. The van der Waals surface area contributed by atoms with Gasteiger partial charge in [0.2, 0.25) is 0 Å². The average molecular weight is 347 g/mol. The van der Waals surface area contributed by atoms with E-state index >= 15 is 0 Å². The van der Waals surface area contributed by atoms with Gasteiger partial charge in [0.25, 0.3) is 0 Å². The van der Waals surface area contributed by atoms with E-state index in [9.17, 15) is 9.59 Å². The number of methoxy groups -OCH3 is 1. The first kappa shape index (κ1) is 16.1. The van der Waals surface area contributed by atoms with Crippen molar-refractivity contribution in [3.8, 4) is 0 Å². The normalized spacial score (nSPS) is 11.2.